The topological polar surface area (TPSA) is 73.3 Å². The Bertz CT molecular complexity index is 720. The number of amides is 1. The third kappa shape index (κ3) is 3.92. The zero-order chi connectivity index (χ0) is 16.2. The lowest BCUT2D eigenvalue weighted by molar-refractivity contribution is -0.115. The predicted octanol–water partition coefficient (Wildman–Crippen LogP) is 3.10. The molecule has 122 valence electrons. The number of ether oxygens (including phenoxy) is 2. The molecule has 0 saturated carbocycles. The van der Waals surface area contributed by atoms with Crippen LogP contribution in [0.2, 0.25) is 5.02 Å². The minimum atomic E-state index is -0.172. The van der Waals surface area contributed by atoms with Gasteiger partial charge in [0.1, 0.15) is 5.01 Å². The number of anilines is 1. The van der Waals surface area contributed by atoms with Gasteiger partial charge in [0.25, 0.3) is 0 Å². The highest BCUT2D eigenvalue weighted by atomic mass is 35.5. The Morgan fingerprint density at radius 3 is 2.96 bits per heavy atom. The van der Waals surface area contributed by atoms with Crippen LogP contribution in [-0.4, -0.2) is 29.3 Å². The van der Waals surface area contributed by atoms with E-state index in [0.29, 0.717) is 34.9 Å². The number of halogens is 1. The number of carbonyl (C=O) groups excluding carboxylic acids is 1. The third-order valence-corrected chi connectivity index (χ3v) is 4.51. The van der Waals surface area contributed by atoms with Gasteiger partial charge in [-0.3, -0.25) is 4.79 Å². The molecule has 23 heavy (non-hydrogen) atoms. The van der Waals surface area contributed by atoms with Crippen molar-refractivity contribution in [3.05, 3.63) is 27.7 Å². The lowest BCUT2D eigenvalue weighted by Crippen LogP contribution is -2.14. The van der Waals surface area contributed by atoms with E-state index < -0.39 is 0 Å². The number of aryl methyl sites for hydroxylation is 1. The molecule has 6 nitrogen and oxygen atoms in total. The van der Waals surface area contributed by atoms with Gasteiger partial charge in [-0.15, -0.1) is 10.2 Å². The third-order valence-electron chi connectivity index (χ3n) is 3.24. The summed E-state index contributed by atoms with van der Waals surface area (Å²) in [5.41, 5.74) is 0.761. The van der Waals surface area contributed by atoms with Crippen LogP contribution in [0.3, 0.4) is 0 Å². The van der Waals surface area contributed by atoms with Crippen molar-refractivity contribution < 1.29 is 14.3 Å². The molecule has 1 amide bonds. The molecule has 3 rings (SSSR count). The summed E-state index contributed by atoms with van der Waals surface area (Å²) in [6, 6.07) is 3.52. The quantitative estimate of drug-likeness (QED) is 0.914. The van der Waals surface area contributed by atoms with Gasteiger partial charge in [0.15, 0.2) is 11.5 Å². The standard InChI is InChI=1S/C15H16ClN3O3S/c1-2-13-18-19-15(23-13)17-12(20)8-9-6-10(16)14-11(7-9)21-4-3-5-22-14/h6-7H,2-5,8H2,1H3,(H,17,19,20). The molecule has 0 fully saturated rings. The molecule has 1 aromatic carbocycles. The average Bonchev–Trinajstić information content (AvgIpc) is 2.82. The number of hydrogen-bond acceptors (Lipinski definition) is 6. The van der Waals surface area contributed by atoms with Crippen molar-refractivity contribution in [1.82, 2.24) is 10.2 Å². The van der Waals surface area contributed by atoms with Crippen LogP contribution in [0.25, 0.3) is 0 Å². The maximum Gasteiger partial charge on any atom is 0.230 e. The minimum Gasteiger partial charge on any atom is -0.489 e. The molecule has 0 aliphatic carbocycles. The molecule has 0 bridgehead atoms. The maximum atomic E-state index is 12.1. The first-order valence-electron chi connectivity index (χ1n) is 7.36. The highest BCUT2D eigenvalue weighted by molar-refractivity contribution is 7.15. The monoisotopic (exact) mass is 353 g/mol. The number of aromatic nitrogens is 2. The fourth-order valence-corrected chi connectivity index (χ4v) is 3.17. The first kappa shape index (κ1) is 16.0. The van der Waals surface area contributed by atoms with Crippen LogP contribution in [0.15, 0.2) is 12.1 Å². The summed E-state index contributed by atoms with van der Waals surface area (Å²) in [6.07, 6.45) is 1.78. The fourth-order valence-electron chi connectivity index (χ4n) is 2.18. The Morgan fingerprint density at radius 2 is 2.17 bits per heavy atom. The Labute approximate surface area is 142 Å². The molecule has 1 aliphatic heterocycles. The van der Waals surface area contributed by atoms with Gasteiger partial charge in [-0.1, -0.05) is 29.9 Å². The number of nitrogens with zero attached hydrogens (tertiary/aromatic N) is 2. The van der Waals surface area contributed by atoms with Crippen LogP contribution in [-0.2, 0) is 17.6 Å². The molecule has 2 aromatic rings. The zero-order valence-electron chi connectivity index (χ0n) is 12.6. The van der Waals surface area contributed by atoms with Crippen LogP contribution in [0.4, 0.5) is 5.13 Å². The molecule has 0 atom stereocenters. The van der Waals surface area contributed by atoms with Crippen molar-refractivity contribution in [2.75, 3.05) is 18.5 Å². The van der Waals surface area contributed by atoms with Crippen LogP contribution >= 0.6 is 22.9 Å². The number of benzene rings is 1. The van der Waals surface area contributed by atoms with Crippen molar-refractivity contribution in [1.29, 1.82) is 0 Å². The van der Waals surface area contributed by atoms with E-state index in [0.717, 1.165) is 23.4 Å². The van der Waals surface area contributed by atoms with E-state index >= 15 is 0 Å². The van der Waals surface area contributed by atoms with Crippen molar-refractivity contribution in [2.24, 2.45) is 0 Å². The van der Waals surface area contributed by atoms with Crippen molar-refractivity contribution in [3.63, 3.8) is 0 Å². The second-order valence-corrected chi connectivity index (χ2v) is 6.50. The summed E-state index contributed by atoms with van der Waals surface area (Å²) >= 11 is 7.60. The summed E-state index contributed by atoms with van der Waals surface area (Å²) in [7, 11) is 0. The van der Waals surface area contributed by atoms with E-state index in [1.54, 1.807) is 12.1 Å². The summed E-state index contributed by atoms with van der Waals surface area (Å²) < 4.78 is 11.2. The van der Waals surface area contributed by atoms with Crippen molar-refractivity contribution in [3.8, 4) is 11.5 Å². The van der Waals surface area contributed by atoms with Crippen LogP contribution in [0, 0.1) is 0 Å². The number of rotatable bonds is 4. The summed E-state index contributed by atoms with van der Waals surface area (Å²) in [4.78, 5) is 12.1. The lowest BCUT2D eigenvalue weighted by atomic mass is 10.1. The van der Waals surface area contributed by atoms with Gasteiger partial charge < -0.3 is 14.8 Å². The Kier molecular flexibility index (Phi) is 4.97. The van der Waals surface area contributed by atoms with Gasteiger partial charge >= 0.3 is 0 Å². The zero-order valence-corrected chi connectivity index (χ0v) is 14.2. The van der Waals surface area contributed by atoms with E-state index in [1.807, 2.05) is 6.92 Å². The summed E-state index contributed by atoms with van der Waals surface area (Å²) in [5.74, 6) is 0.960. The molecular weight excluding hydrogens is 338 g/mol. The second kappa shape index (κ2) is 7.14. The summed E-state index contributed by atoms with van der Waals surface area (Å²) in [5, 5.41) is 12.5. The van der Waals surface area contributed by atoms with Gasteiger partial charge in [0.2, 0.25) is 11.0 Å². The Balaban J connectivity index is 1.71. The molecule has 1 aliphatic rings. The van der Waals surface area contributed by atoms with E-state index in [-0.39, 0.29) is 12.3 Å². The Morgan fingerprint density at radius 1 is 1.35 bits per heavy atom. The van der Waals surface area contributed by atoms with Crippen LogP contribution in [0.5, 0.6) is 11.5 Å². The van der Waals surface area contributed by atoms with Crippen molar-refractivity contribution >= 4 is 34.0 Å². The number of fused-ring (bicyclic) bond motifs is 1. The predicted molar refractivity (Wildman–Crippen MR) is 88.7 cm³/mol. The SMILES string of the molecule is CCc1nnc(NC(=O)Cc2cc(Cl)c3c(c2)OCCCO3)s1. The molecule has 0 unspecified atom stereocenters. The second-order valence-electron chi connectivity index (χ2n) is 5.03. The van der Waals surface area contributed by atoms with E-state index in [9.17, 15) is 4.79 Å². The summed E-state index contributed by atoms with van der Waals surface area (Å²) in [6.45, 7) is 3.14. The average molecular weight is 354 g/mol. The number of hydrogen-bond donors (Lipinski definition) is 1. The lowest BCUT2D eigenvalue weighted by Gasteiger charge is -2.11. The molecule has 0 saturated heterocycles. The van der Waals surface area contributed by atoms with E-state index in [1.165, 1.54) is 11.3 Å². The van der Waals surface area contributed by atoms with Gasteiger partial charge in [0.05, 0.1) is 24.7 Å². The van der Waals surface area contributed by atoms with E-state index in [4.69, 9.17) is 21.1 Å². The van der Waals surface area contributed by atoms with Gasteiger partial charge in [0, 0.05) is 6.42 Å². The highest BCUT2D eigenvalue weighted by Gasteiger charge is 2.17. The minimum absolute atomic E-state index is 0.172. The molecule has 8 heteroatoms. The molecular formula is C15H16ClN3O3S. The highest BCUT2D eigenvalue weighted by Crippen LogP contribution is 2.38. The largest absolute Gasteiger partial charge is 0.489 e. The first-order valence-corrected chi connectivity index (χ1v) is 8.55. The smallest absolute Gasteiger partial charge is 0.230 e. The first-order chi connectivity index (χ1) is 11.2. The fraction of sp³-hybridized carbons (Fsp3) is 0.400. The van der Waals surface area contributed by atoms with Gasteiger partial charge in [-0.05, 0) is 24.1 Å². The van der Waals surface area contributed by atoms with Crippen molar-refractivity contribution in [2.45, 2.75) is 26.2 Å². The molecule has 1 N–H and O–H groups in total. The van der Waals surface area contributed by atoms with Gasteiger partial charge in [-0.2, -0.15) is 0 Å². The maximum absolute atomic E-state index is 12.1. The Hall–Kier alpha value is -1.86. The van der Waals surface area contributed by atoms with Crippen LogP contribution < -0.4 is 14.8 Å². The molecule has 1 aromatic heterocycles. The molecule has 0 spiro atoms. The molecule has 2 heterocycles. The number of carbonyl (C=O) groups is 1. The normalized spacial score (nSPS) is 13.5. The van der Waals surface area contributed by atoms with Crippen LogP contribution in [0.1, 0.15) is 23.9 Å². The molecule has 0 radical (unpaired) electrons. The van der Waals surface area contributed by atoms with E-state index in [2.05, 4.69) is 15.5 Å². The van der Waals surface area contributed by atoms with Gasteiger partial charge in [-0.25, -0.2) is 0 Å². The number of nitrogens with one attached hydrogen (secondary N) is 1.